The number of benzene rings is 1. The van der Waals surface area contributed by atoms with Crippen LogP contribution >= 0.6 is 11.6 Å². The average molecular weight is 375 g/mol. The molecule has 1 atom stereocenters. The third-order valence-electron chi connectivity index (χ3n) is 4.90. The summed E-state index contributed by atoms with van der Waals surface area (Å²) >= 11 is 6.34. The summed E-state index contributed by atoms with van der Waals surface area (Å²) in [5.74, 6) is 0.703. The summed E-state index contributed by atoms with van der Waals surface area (Å²) in [5, 5.41) is 5.17. The lowest BCUT2D eigenvalue weighted by Gasteiger charge is -2.28. The van der Waals surface area contributed by atoms with Gasteiger partial charge < -0.3 is 9.64 Å². The Bertz CT molecular complexity index is 935. The Kier molecular flexibility index (Phi) is 4.54. The lowest BCUT2D eigenvalue weighted by molar-refractivity contribution is 0.122. The topological polar surface area (TPSA) is 42.7 Å². The lowest BCUT2D eigenvalue weighted by atomic mass is 9.93. The first-order valence-corrected chi connectivity index (χ1v) is 9.06. The maximum absolute atomic E-state index is 13.3. The summed E-state index contributed by atoms with van der Waals surface area (Å²) in [6, 6.07) is 8.41. The third kappa shape index (κ3) is 3.04. The van der Waals surface area contributed by atoms with Crippen molar-refractivity contribution in [1.29, 1.82) is 0 Å². The molecule has 1 aromatic carbocycles. The number of nitrogens with zero attached hydrogens (tertiary/aromatic N) is 4. The molecule has 136 valence electrons. The van der Waals surface area contributed by atoms with Crippen LogP contribution in [0.5, 0.6) is 0 Å². The molecule has 1 saturated heterocycles. The molecule has 1 aliphatic heterocycles. The van der Waals surface area contributed by atoms with E-state index in [1.54, 1.807) is 12.1 Å². The van der Waals surface area contributed by atoms with E-state index in [0.717, 1.165) is 41.4 Å². The summed E-state index contributed by atoms with van der Waals surface area (Å²) < 4.78 is 20.6. The first kappa shape index (κ1) is 17.2. The molecule has 0 saturated carbocycles. The Morgan fingerprint density at radius 1 is 1.19 bits per heavy atom. The summed E-state index contributed by atoms with van der Waals surface area (Å²) in [7, 11) is 0. The smallest absolute Gasteiger partial charge is 0.163 e. The van der Waals surface area contributed by atoms with Crippen molar-refractivity contribution in [2.75, 3.05) is 31.2 Å². The van der Waals surface area contributed by atoms with Crippen molar-refractivity contribution in [3.8, 4) is 0 Å². The summed E-state index contributed by atoms with van der Waals surface area (Å²) in [6.45, 7) is 6.99. The minimum absolute atomic E-state index is 0.0246. The van der Waals surface area contributed by atoms with Crippen LogP contribution in [0.3, 0.4) is 0 Å². The van der Waals surface area contributed by atoms with Gasteiger partial charge in [0.15, 0.2) is 5.65 Å². The number of fused-ring (bicyclic) bond motifs is 1. The van der Waals surface area contributed by atoms with Crippen LogP contribution in [-0.4, -0.2) is 40.9 Å². The molecule has 0 spiro atoms. The van der Waals surface area contributed by atoms with Crippen molar-refractivity contribution in [1.82, 2.24) is 14.6 Å². The standard InChI is InChI=1S/C19H20ClFN4O/c1-12(14-3-5-15(21)6-4-14)18-13(2)23-25-17(11-16(20)22-19(18)25)24-7-9-26-10-8-24/h3-6,11-12H,7-10H2,1-2H3/t12-/m1/s1. The van der Waals surface area contributed by atoms with Gasteiger partial charge in [-0.3, -0.25) is 0 Å². The fourth-order valence-corrected chi connectivity index (χ4v) is 3.72. The van der Waals surface area contributed by atoms with E-state index in [1.165, 1.54) is 12.1 Å². The van der Waals surface area contributed by atoms with Gasteiger partial charge in [0.1, 0.15) is 16.8 Å². The normalized spacial score (nSPS) is 16.2. The first-order chi connectivity index (χ1) is 12.5. The molecule has 1 aliphatic rings. The zero-order chi connectivity index (χ0) is 18.3. The highest BCUT2D eigenvalue weighted by molar-refractivity contribution is 6.29. The monoisotopic (exact) mass is 374 g/mol. The van der Waals surface area contributed by atoms with Gasteiger partial charge in [0.25, 0.3) is 0 Å². The molecule has 5 nitrogen and oxygen atoms in total. The molecule has 1 fully saturated rings. The van der Waals surface area contributed by atoms with Gasteiger partial charge in [-0.05, 0) is 24.6 Å². The molecule has 0 amide bonds. The Balaban J connectivity index is 1.84. The minimum Gasteiger partial charge on any atom is -0.378 e. The second-order valence-corrected chi connectivity index (χ2v) is 6.93. The van der Waals surface area contributed by atoms with Gasteiger partial charge in [0.05, 0.1) is 18.9 Å². The van der Waals surface area contributed by atoms with Gasteiger partial charge in [-0.25, -0.2) is 9.37 Å². The second kappa shape index (κ2) is 6.85. The van der Waals surface area contributed by atoms with Crippen molar-refractivity contribution < 1.29 is 9.13 Å². The number of ether oxygens (including phenoxy) is 1. The Hall–Kier alpha value is -2.18. The van der Waals surface area contributed by atoms with Gasteiger partial charge in [-0.2, -0.15) is 9.61 Å². The van der Waals surface area contributed by atoms with Crippen LogP contribution in [0.1, 0.15) is 29.7 Å². The average Bonchev–Trinajstić information content (AvgIpc) is 2.97. The van der Waals surface area contributed by atoms with Gasteiger partial charge in [0.2, 0.25) is 0 Å². The van der Waals surface area contributed by atoms with Crippen molar-refractivity contribution in [3.05, 3.63) is 58.1 Å². The van der Waals surface area contributed by atoms with Crippen LogP contribution in [0.25, 0.3) is 5.65 Å². The van der Waals surface area contributed by atoms with Gasteiger partial charge in [0, 0.05) is 30.6 Å². The predicted octanol–water partition coefficient (Wildman–Crippen LogP) is 3.82. The van der Waals surface area contributed by atoms with Crippen molar-refractivity contribution in [3.63, 3.8) is 0 Å². The summed E-state index contributed by atoms with van der Waals surface area (Å²) in [4.78, 5) is 6.76. The second-order valence-electron chi connectivity index (χ2n) is 6.54. The number of aromatic nitrogens is 3. The molecule has 3 aromatic rings. The first-order valence-electron chi connectivity index (χ1n) is 8.68. The van der Waals surface area contributed by atoms with E-state index in [2.05, 4.69) is 16.8 Å². The predicted molar refractivity (Wildman–Crippen MR) is 99.7 cm³/mol. The molecule has 7 heteroatoms. The molecule has 0 aliphatic carbocycles. The Morgan fingerprint density at radius 2 is 1.88 bits per heavy atom. The van der Waals surface area contributed by atoms with E-state index >= 15 is 0 Å². The van der Waals surface area contributed by atoms with Gasteiger partial charge in [-0.1, -0.05) is 30.7 Å². The molecule has 2 aromatic heterocycles. The Labute approximate surface area is 156 Å². The number of rotatable bonds is 3. The number of hydrogen-bond acceptors (Lipinski definition) is 4. The van der Waals surface area contributed by atoms with Crippen LogP contribution in [-0.2, 0) is 4.74 Å². The quantitative estimate of drug-likeness (QED) is 0.654. The molecular weight excluding hydrogens is 355 g/mol. The van der Waals surface area contributed by atoms with E-state index in [4.69, 9.17) is 21.4 Å². The molecule has 26 heavy (non-hydrogen) atoms. The molecule has 0 unspecified atom stereocenters. The molecule has 0 N–H and O–H groups in total. The van der Waals surface area contributed by atoms with E-state index in [0.29, 0.717) is 18.4 Å². The number of anilines is 1. The maximum Gasteiger partial charge on any atom is 0.163 e. The fraction of sp³-hybridized carbons (Fsp3) is 0.368. The minimum atomic E-state index is -0.242. The highest BCUT2D eigenvalue weighted by Crippen LogP contribution is 2.32. The van der Waals surface area contributed by atoms with Crippen LogP contribution < -0.4 is 4.90 Å². The van der Waals surface area contributed by atoms with Crippen molar-refractivity contribution in [2.45, 2.75) is 19.8 Å². The van der Waals surface area contributed by atoms with Crippen molar-refractivity contribution >= 4 is 23.1 Å². The lowest BCUT2D eigenvalue weighted by Crippen LogP contribution is -2.37. The zero-order valence-corrected chi connectivity index (χ0v) is 15.5. The van der Waals surface area contributed by atoms with Crippen LogP contribution in [0.15, 0.2) is 30.3 Å². The largest absolute Gasteiger partial charge is 0.378 e. The van der Waals surface area contributed by atoms with Crippen LogP contribution in [0.4, 0.5) is 10.2 Å². The Morgan fingerprint density at radius 3 is 2.58 bits per heavy atom. The SMILES string of the molecule is Cc1nn2c(N3CCOCC3)cc(Cl)nc2c1[C@H](C)c1ccc(F)cc1. The van der Waals surface area contributed by atoms with Gasteiger partial charge in [-0.15, -0.1) is 0 Å². The van der Waals surface area contributed by atoms with Gasteiger partial charge >= 0.3 is 0 Å². The summed E-state index contributed by atoms with van der Waals surface area (Å²) in [5.41, 5.74) is 3.66. The van der Waals surface area contributed by atoms with Crippen molar-refractivity contribution in [2.24, 2.45) is 0 Å². The number of halogens is 2. The number of hydrogen-bond donors (Lipinski definition) is 0. The van der Waals surface area contributed by atoms with Crippen LogP contribution in [0, 0.1) is 12.7 Å². The molecule has 4 rings (SSSR count). The third-order valence-corrected chi connectivity index (χ3v) is 5.09. The molecular formula is C19H20ClFN4O. The number of morpholine rings is 1. The molecule has 0 radical (unpaired) electrons. The van der Waals surface area contributed by atoms with E-state index in [-0.39, 0.29) is 11.7 Å². The number of aryl methyl sites for hydroxylation is 1. The zero-order valence-electron chi connectivity index (χ0n) is 14.7. The van der Waals surface area contributed by atoms with E-state index in [1.807, 2.05) is 17.5 Å². The van der Waals surface area contributed by atoms with E-state index < -0.39 is 0 Å². The van der Waals surface area contributed by atoms with E-state index in [9.17, 15) is 4.39 Å². The molecule has 3 heterocycles. The maximum atomic E-state index is 13.3. The highest BCUT2D eigenvalue weighted by Gasteiger charge is 2.23. The summed E-state index contributed by atoms with van der Waals surface area (Å²) in [6.07, 6.45) is 0. The van der Waals surface area contributed by atoms with Crippen LogP contribution in [0.2, 0.25) is 5.15 Å². The molecule has 0 bridgehead atoms. The fourth-order valence-electron chi connectivity index (χ4n) is 3.54. The highest BCUT2D eigenvalue weighted by atomic mass is 35.5.